The van der Waals surface area contributed by atoms with Gasteiger partial charge < -0.3 is 23.3 Å². The second-order valence-electron chi connectivity index (χ2n) is 12.3. The van der Waals surface area contributed by atoms with Crippen LogP contribution in [0.3, 0.4) is 0 Å². The molecule has 2 aromatic carbocycles. The number of hydrogen-bond acceptors (Lipinski definition) is 10. The molecule has 5 aromatic rings. The average Bonchev–Trinajstić information content (AvgIpc) is 3.74. The fourth-order valence-corrected chi connectivity index (χ4v) is 6.67. The number of para-hydroxylation sites is 1. The molecule has 0 bridgehead atoms. The molecule has 2 saturated heterocycles. The topological polar surface area (TPSA) is 113 Å². The predicted octanol–water partition coefficient (Wildman–Crippen LogP) is 6.50. The zero-order valence-electron chi connectivity index (χ0n) is 25.5. The van der Waals surface area contributed by atoms with Crippen LogP contribution in [0.15, 0.2) is 47.0 Å². The largest absolute Gasteiger partial charge is 0.471 e. The first-order valence-corrected chi connectivity index (χ1v) is 15.9. The minimum absolute atomic E-state index is 0.00865. The number of benzene rings is 2. The van der Waals surface area contributed by atoms with Gasteiger partial charge in [0, 0.05) is 24.1 Å². The van der Waals surface area contributed by atoms with Gasteiger partial charge in [-0.15, -0.1) is 10.2 Å². The maximum absolute atomic E-state index is 14.9. The van der Waals surface area contributed by atoms with Crippen LogP contribution >= 0.6 is 11.6 Å². The maximum Gasteiger partial charge on any atom is 0.471 e. The highest BCUT2D eigenvalue weighted by molar-refractivity contribution is 6.30. The van der Waals surface area contributed by atoms with Gasteiger partial charge in [-0.3, -0.25) is 4.90 Å². The van der Waals surface area contributed by atoms with Crippen molar-refractivity contribution in [2.24, 2.45) is 0 Å². The first-order valence-electron chi connectivity index (χ1n) is 15.5. The number of ether oxygens (including phenoxy) is 3. The summed E-state index contributed by atoms with van der Waals surface area (Å²) in [5.74, 6) is -1.50. The fourth-order valence-electron chi connectivity index (χ4n) is 6.51. The molecule has 8 rings (SSSR count). The van der Waals surface area contributed by atoms with Crippen LogP contribution in [0.2, 0.25) is 5.02 Å². The van der Waals surface area contributed by atoms with Gasteiger partial charge in [0.15, 0.2) is 17.1 Å². The molecule has 0 N–H and O–H groups in total. The lowest BCUT2D eigenvalue weighted by Crippen LogP contribution is -2.35. The number of likely N-dealkylation sites (tertiary alicyclic amines) is 1. The van der Waals surface area contributed by atoms with Crippen LogP contribution in [0.5, 0.6) is 11.5 Å². The summed E-state index contributed by atoms with van der Waals surface area (Å²) in [6, 6.07) is 11.7. The first-order chi connectivity index (χ1) is 23.0. The number of alkyl halides is 3. The van der Waals surface area contributed by atoms with Gasteiger partial charge in [-0.2, -0.15) is 18.2 Å². The summed E-state index contributed by atoms with van der Waals surface area (Å²) in [4.78, 5) is 10.5. The lowest BCUT2D eigenvalue weighted by atomic mass is 9.88. The predicted molar refractivity (Wildman–Crippen MR) is 162 cm³/mol. The van der Waals surface area contributed by atoms with Crippen LogP contribution in [0.4, 0.5) is 17.6 Å². The summed E-state index contributed by atoms with van der Waals surface area (Å²) >= 11 is 5.97. The van der Waals surface area contributed by atoms with Gasteiger partial charge in [0.2, 0.25) is 5.82 Å². The smallest absolute Gasteiger partial charge is 0.444 e. The van der Waals surface area contributed by atoms with E-state index < -0.39 is 23.7 Å². The highest BCUT2D eigenvalue weighted by atomic mass is 35.5. The highest BCUT2D eigenvalue weighted by Gasteiger charge is 2.43. The van der Waals surface area contributed by atoms with Crippen LogP contribution in [0, 0.1) is 5.82 Å². The van der Waals surface area contributed by atoms with E-state index in [0.717, 1.165) is 43.7 Å². The molecule has 0 aliphatic carbocycles. The number of imidazole rings is 1. The summed E-state index contributed by atoms with van der Waals surface area (Å²) in [6.07, 6.45) is -2.19. The van der Waals surface area contributed by atoms with E-state index in [4.69, 9.17) is 30.8 Å². The average molecular weight is 686 g/mol. The Morgan fingerprint density at radius 2 is 1.83 bits per heavy atom. The van der Waals surface area contributed by atoms with E-state index in [1.807, 2.05) is 22.8 Å². The van der Waals surface area contributed by atoms with Crippen molar-refractivity contribution in [1.29, 1.82) is 0 Å². The van der Waals surface area contributed by atoms with Crippen molar-refractivity contribution >= 4 is 22.8 Å². The number of nitrogens with zero attached hydrogens (tertiary/aromatic N) is 7. The standard InChI is InChI=1S/C32H28ClF4N7O4/c1-31(21-6-5-18(33)13-22(21)34)46-25-4-2-3-20(27(25)47-31)17-7-10-43(11-8-17)16-26-38-24-14-23(28-39-30(48-42-28)32(35,36)37)40-41-29(24)44(26)15-19-9-12-45-19/h2-6,13-14,17,19H,7-12,15-16H2,1H3/t19-,31-/m0/s1. The van der Waals surface area contributed by atoms with Crippen LogP contribution in [-0.2, 0) is 29.8 Å². The van der Waals surface area contributed by atoms with Gasteiger partial charge in [0.25, 0.3) is 5.79 Å². The van der Waals surface area contributed by atoms with E-state index in [-0.39, 0.29) is 29.1 Å². The molecule has 6 heterocycles. The Morgan fingerprint density at radius 1 is 1.02 bits per heavy atom. The van der Waals surface area contributed by atoms with E-state index in [2.05, 4.69) is 29.8 Å². The minimum Gasteiger partial charge on any atom is -0.444 e. The van der Waals surface area contributed by atoms with Gasteiger partial charge >= 0.3 is 12.1 Å². The molecular weight excluding hydrogens is 658 g/mol. The van der Waals surface area contributed by atoms with Gasteiger partial charge in [-0.1, -0.05) is 28.9 Å². The number of fused-ring (bicyclic) bond motifs is 2. The minimum atomic E-state index is -4.77. The molecule has 11 nitrogen and oxygen atoms in total. The van der Waals surface area contributed by atoms with Crippen molar-refractivity contribution in [3.63, 3.8) is 0 Å². The van der Waals surface area contributed by atoms with Crippen LogP contribution in [0.1, 0.15) is 54.9 Å². The van der Waals surface area contributed by atoms with Gasteiger partial charge in [-0.05, 0) is 68.6 Å². The van der Waals surface area contributed by atoms with Crippen LogP contribution < -0.4 is 9.47 Å². The van der Waals surface area contributed by atoms with Crippen molar-refractivity contribution in [1.82, 2.24) is 34.8 Å². The third-order valence-electron chi connectivity index (χ3n) is 9.07. The van der Waals surface area contributed by atoms with E-state index in [9.17, 15) is 17.6 Å². The number of aromatic nitrogens is 6. The van der Waals surface area contributed by atoms with Crippen molar-refractivity contribution < 1.29 is 36.3 Å². The normalized spacial score (nSPS) is 21.6. The number of rotatable bonds is 7. The van der Waals surface area contributed by atoms with Crippen LogP contribution in [0.25, 0.3) is 22.7 Å². The monoisotopic (exact) mass is 685 g/mol. The summed E-state index contributed by atoms with van der Waals surface area (Å²) in [5, 5.41) is 12.1. The van der Waals surface area contributed by atoms with Crippen molar-refractivity contribution in [3.8, 4) is 23.0 Å². The van der Waals surface area contributed by atoms with Crippen molar-refractivity contribution in [3.05, 3.63) is 76.1 Å². The Hall–Kier alpha value is -4.34. The summed E-state index contributed by atoms with van der Waals surface area (Å²) < 4.78 is 78.4. The molecule has 250 valence electrons. The molecule has 0 saturated carbocycles. The molecule has 3 aromatic heterocycles. The molecular formula is C32H28ClF4N7O4. The van der Waals surface area contributed by atoms with Gasteiger partial charge in [0.05, 0.1) is 24.8 Å². The Bertz CT molecular complexity index is 2010. The second-order valence-corrected chi connectivity index (χ2v) is 12.7. The summed E-state index contributed by atoms with van der Waals surface area (Å²) in [7, 11) is 0. The van der Waals surface area contributed by atoms with E-state index in [1.54, 1.807) is 19.1 Å². The fraction of sp³-hybridized carbons (Fsp3) is 0.406. The lowest BCUT2D eigenvalue weighted by Gasteiger charge is -2.33. The number of halogens is 5. The molecule has 3 aliphatic rings. The zero-order valence-corrected chi connectivity index (χ0v) is 26.3. The number of piperidine rings is 1. The summed E-state index contributed by atoms with van der Waals surface area (Å²) in [5.41, 5.74) is 2.25. The first kappa shape index (κ1) is 31.0. The Kier molecular flexibility index (Phi) is 7.53. The summed E-state index contributed by atoms with van der Waals surface area (Å²) in [6.45, 7) is 4.95. The third-order valence-corrected chi connectivity index (χ3v) is 9.31. The lowest BCUT2D eigenvalue weighted by molar-refractivity contribution is -0.159. The molecule has 0 radical (unpaired) electrons. The SMILES string of the molecule is C[C@]1(c2ccc(Cl)cc2F)Oc2cccc(C3CCN(Cc4nc5cc(-c6noc(C(F)(F)F)n6)nnc5n4C[C@@H]4CCO4)CC3)c2O1. The second kappa shape index (κ2) is 11.7. The van der Waals surface area contributed by atoms with Crippen molar-refractivity contribution in [2.45, 2.75) is 63.3 Å². The quantitative estimate of drug-likeness (QED) is 0.176. The van der Waals surface area contributed by atoms with E-state index >= 15 is 0 Å². The third kappa shape index (κ3) is 5.62. The molecule has 16 heteroatoms. The molecule has 0 amide bonds. The van der Waals surface area contributed by atoms with E-state index in [0.29, 0.717) is 47.4 Å². The Labute approximate surface area is 275 Å². The van der Waals surface area contributed by atoms with Gasteiger partial charge in [0.1, 0.15) is 22.9 Å². The van der Waals surface area contributed by atoms with Gasteiger partial charge in [-0.25, -0.2) is 9.37 Å². The van der Waals surface area contributed by atoms with Crippen LogP contribution in [-0.4, -0.2) is 60.6 Å². The van der Waals surface area contributed by atoms with E-state index in [1.165, 1.54) is 12.1 Å². The molecule has 0 spiro atoms. The molecule has 2 atom stereocenters. The zero-order chi connectivity index (χ0) is 33.2. The molecule has 2 fully saturated rings. The molecule has 48 heavy (non-hydrogen) atoms. The Balaban J connectivity index is 0.998. The van der Waals surface area contributed by atoms with Crippen molar-refractivity contribution in [2.75, 3.05) is 19.7 Å². The highest BCUT2D eigenvalue weighted by Crippen LogP contribution is 2.50. The number of hydrogen-bond donors (Lipinski definition) is 0. The Morgan fingerprint density at radius 3 is 2.54 bits per heavy atom. The molecule has 0 unspecified atom stereocenters. The molecule has 3 aliphatic heterocycles. The maximum atomic E-state index is 14.9.